The molecular weight excluding hydrogens is 460 g/mol. The molecule has 0 radical (unpaired) electrons. The number of sulfonamides is 1. The first-order valence-corrected chi connectivity index (χ1v) is 10.9. The van der Waals surface area contributed by atoms with Gasteiger partial charge in [0.05, 0.1) is 40.1 Å². The van der Waals surface area contributed by atoms with Crippen LogP contribution in [0, 0.1) is 17.0 Å². The summed E-state index contributed by atoms with van der Waals surface area (Å²) in [6, 6.07) is 9.84. The summed E-state index contributed by atoms with van der Waals surface area (Å²) in [4.78, 5) is 10.5. The fraction of sp³-hybridized carbons (Fsp3) is 0.158. The zero-order valence-electron chi connectivity index (χ0n) is 17.2. The molecule has 1 aromatic heterocycles. The van der Waals surface area contributed by atoms with E-state index in [0.717, 1.165) is 6.07 Å². The number of aromatic nitrogens is 2. The van der Waals surface area contributed by atoms with Crippen molar-refractivity contribution < 1.29 is 18.1 Å². The number of hydrazone groups is 1. The van der Waals surface area contributed by atoms with Crippen LogP contribution in [0.5, 0.6) is 5.75 Å². The molecule has 0 saturated heterocycles. The molecule has 0 fully saturated rings. The molecule has 11 nitrogen and oxygen atoms in total. The summed E-state index contributed by atoms with van der Waals surface area (Å²) in [6.45, 7) is 1.74. The summed E-state index contributed by atoms with van der Waals surface area (Å²) in [5, 5.41) is 20.0. The second kappa shape index (κ2) is 9.24. The number of anilines is 2. The molecule has 168 valence electrons. The van der Waals surface area contributed by atoms with E-state index in [1.54, 1.807) is 32.2 Å². The molecule has 32 heavy (non-hydrogen) atoms. The molecule has 2 N–H and O–H groups in total. The van der Waals surface area contributed by atoms with E-state index in [1.165, 1.54) is 36.2 Å². The molecule has 0 atom stereocenters. The Labute approximate surface area is 188 Å². The van der Waals surface area contributed by atoms with Gasteiger partial charge in [-0.05, 0) is 31.2 Å². The number of aryl methyl sites for hydroxylation is 2. The highest BCUT2D eigenvalue weighted by atomic mass is 35.5. The van der Waals surface area contributed by atoms with Gasteiger partial charge < -0.3 is 4.74 Å². The first-order valence-electron chi connectivity index (χ1n) is 9.06. The number of nitrogens with one attached hydrogen (secondary N) is 2. The minimum atomic E-state index is -4.12. The molecular formula is C19H19ClN6O5S. The van der Waals surface area contributed by atoms with E-state index >= 15 is 0 Å². The van der Waals surface area contributed by atoms with Gasteiger partial charge in [-0.25, -0.2) is 8.42 Å². The molecule has 0 spiro atoms. The lowest BCUT2D eigenvalue weighted by Gasteiger charge is -2.12. The van der Waals surface area contributed by atoms with Crippen molar-refractivity contribution >= 4 is 44.9 Å². The van der Waals surface area contributed by atoms with Gasteiger partial charge in [0.2, 0.25) is 0 Å². The topological polar surface area (TPSA) is 141 Å². The van der Waals surface area contributed by atoms with Crippen LogP contribution in [0.1, 0.15) is 11.3 Å². The number of halogens is 1. The predicted octanol–water partition coefficient (Wildman–Crippen LogP) is 3.55. The SMILES string of the molecule is COc1ccccc1NS(=O)(=O)c1ccc(NN=Cc2c(C)nn(C)c2Cl)c([N+](=O)[O-])c1. The predicted molar refractivity (Wildman–Crippen MR) is 121 cm³/mol. The van der Waals surface area contributed by atoms with Crippen molar-refractivity contribution in [1.82, 2.24) is 9.78 Å². The van der Waals surface area contributed by atoms with Crippen LogP contribution in [0.25, 0.3) is 0 Å². The van der Waals surface area contributed by atoms with Crippen molar-refractivity contribution in [3.63, 3.8) is 0 Å². The number of nitro benzene ring substituents is 1. The minimum Gasteiger partial charge on any atom is -0.495 e. The van der Waals surface area contributed by atoms with Gasteiger partial charge in [-0.3, -0.25) is 24.9 Å². The highest BCUT2D eigenvalue weighted by Gasteiger charge is 2.22. The molecule has 0 saturated carbocycles. The van der Waals surface area contributed by atoms with Crippen LogP contribution in [0.3, 0.4) is 0 Å². The van der Waals surface area contributed by atoms with Crippen LogP contribution in [0.2, 0.25) is 5.15 Å². The third-order valence-corrected chi connectivity index (χ3v) is 6.21. The van der Waals surface area contributed by atoms with E-state index in [1.807, 2.05) is 0 Å². The molecule has 0 unspecified atom stereocenters. The van der Waals surface area contributed by atoms with E-state index in [-0.39, 0.29) is 16.3 Å². The lowest BCUT2D eigenvalue weighted by molar-refractivity contribution is -0.384. The Kier molecular flexibility index (Phi) is 6.65. The maximum Gasteiger partial charge on any atom is 0.295 e. The lowest BCUT2D eigenvalue weighted by Crippen LogP contribution is -2.14. The second-order valence-electron chi connectivity index (χ2n) is 6.53. The molecule has 0 amide bonds. The average molecular weight is 479 g/mol. The Bertz CT molecular complexity index is 1310. The summed E-state index contributed by atoms with van der Waals surface area (Å²) in [5.74, 6) is 0.308. The number of rotatable bonds is 8. The smallest absolute Gasteiger partial charge is 0.295 e. The van der Waals surface area contributed by atoms with Crippen LogP contribution in [0.15, 0.2) is 52.5 Å². The zero-order valence-corrected chi connectivity index (χ0v) is 18.8. The van der Waals surface area contributed by atoms with Crippen LogP contribution >= 0.6 is 11.6 Å². The summed E-state index contributed by atoms with van der Waals surface area (Å²) in [6.07, 6.45) is 1.38. The Balaban J connectivity index is 1.88. The van der Waals surface area contributed by atoms with Gasteiger partial charge in [0, 0.05) is 13.1 Å². The number of hydrogen-bond acceptors (Lipinski definition) is 8. The first-order chi connectivity index (χ1) is 15.1. The monoisotopic (exact) mass is 478 g/mol. The number of ether oxygens (including phenoxy) is 1. The molecule has 0 aliphatic carbocycles. The molecule has 13 heteroatoms. The normalized spacial score (nSPS) is 11.5. The largest absolute Gasteiger partial charge is 0.495 e. The van der Waals surface area contributed by atoms with Crippen molar-refractivity contribution in [2.75, 3.05) is 17.3 Å². The zero-order chi connectivity index (χ0) is 23.5. The first kappa shape index (κ1) is 23.0. The summed E-state index contributed by atoms with van der Waals surface area (Å²) in [7, 11) is -1.05. The Morgan fingerprint density at radius 2 is 1.97 bits per heavy atom. The molecule has 2 aromatic carbocycles. The summed E-state index contributed by atoms with van der Waals surface area (Å²) in [5.41, 5.74) is 3.45. The second-order valence-corrected chi connectivity index (χ2v) is 8.57. The molecule has 1 heterocycles. The quantitative estimate of drug-likeness (QED) is 0.286. The van der Waals surface area contributed by atoms with Crippen molar-refractivity contribution in [1.29, 1.82) is 0 Å². The van der Waals surface area contributed by atoms with Gasteiger partial charge in [0.1, 0.15) is 16.6 Å². The van der Waals surface area contributed by atoms with E-state index in [9.17, 15) is 18.5 Å². The maximum atomic E-state index is 12.8. The highest BCUT2D eigenvalue weighted by molar-refractivity contribution is 7.92. The Hall–Kier alpha value is -3.64. The fourth-order valence-corrected chi connectivity index (χ4v) is 4.13. The maximum absolute atomic E-state index is 12.8. The summed E-state index contributed by atoms with van der Waals surface area (Å²) >= 11 is 6.13. The van der Waals surface area contributed by atoms with E-state index in [2.05, 4.69) is 20.3 Å². The van der Waals surface area contributed by atoms with Gasteiger partial charge in [0.15, 0.2) is 0 Å². The molecule has 3 aromatic rings. The van der Waals surface area contributed by atoms with Crippen LogP contribution in [-0.2, 0) is 17.1 Å². The lowest BCUT2D eigenvalue weighted by atomic mass is 10.3. The Morgan fingerprint density at radius 1 is 1.25 bits per heavy atom. The highest BCUT2D eigenvalue weighted by Crippen LogP contribution is 2.30. The third kappa shape index (κ3) is 4.81. The number of benzene rings is 2. The van der Waals surface area contributed by atoms with Crippen LogP contribution < -0.4 is 14.9 Å². The van der Waals surface area contributed by atoms with Gasteiger partial charge in [-0.2, -0.15) is 10.2 Å². The van der Waals surface area contributed by atoms with Crippen molar-refractivity contribution in [2.45, 2.75) is 11.8 Å². The molecule has 3 rings (SSSR count). The summed E-state index contributed by atoms with van der Waals surface area (Å²) < 4.78 is 34.5. The standard InChI is InChI=1S/C19H19ClN6O5S/c1-12-14(19(20)25(2)23-12)11-21-22-15-9-8-13(10-17(15)26(27)28)32(29,30)24-16-6-4-5-7-18(16)31-3/h4-11,22,24H,1-3H3. The van der Waals surface area contributed by atoms with Crippen molar-refractivity contribution in [2.24, 2.45) is 12.1 Å². The van der Waals surface area contributed by atoms with Crippen LogP contribution in [0.4, 0.5) is 17.1 Å². The molecule has 0 aliphatic heterocycles. The molecule has 0 bridgehead atoms. The van der Waals surface area contributed by atoms with Gasteiger partial charge in [0.25, 0.3) is 15.7 Å². The fourth-order valence-electron chi connectivity index (χ4n) is 2.82. The average Bonchev–Trinajstić information content (AvgIpc) is 2.99. The van der Waals surface area contributed by atoms with Crippen molar-refractivity contribution in [3.05, 3.63) is 69.0 Å². The van der Waals surface area contributed by atoms with Crippen LogP contribution in [-0.4, -0.2) is 36.4 Å². The van der Waals surface area contributed by atoms with Gasteiger partial charge in [-0.15, -0.1) is 0 Å². The minimum absolute atomic E-state index is 0.000146. The van der Waals surface area contributed by atoms with Gasteiger partial charge >= 0.3 is 0 Å². The molecule has 0 aliphatic rings. The number of nitro groups is 1. The van der Waals surface area contributed by atoms with E-state index in [4.69, 9.17) is 16.3 Å². The van der Waals surface area contributed by atoms with Crippen molar-refractivity contribution in [3.8, 4) is 5.75 Å². The Morgan fingerprint density at radius 3 is 2.59 bits per heavy atom. The number of hydrogen-bond donors (Lipinski definition) is 2. The van der Waals surface area contributed by atoms with E-state index < -0.39 is 20.6 Å². The third-order valence-electron chi connectivity index (χ3n) is 4.40. The number of methoxy groups -OCH3 is 1. The number of nitrogens with zero attached hydrogens (tertiary/aromatic N) is 4. The number of para-hydroxylation sites is 2. The van der Waals surface area contributed by atoms with Gasteiger partial charge in [-0.1, -0.05) is 23.7 Å². The van der Waals surface area contributed by atoms with E-state index in [0.29, 0.717) is 22.2 Å².